The standard InChI is InChI=1S/C21H23FN2O4/c22-17-3-1-15(2-4-17)18-5-6-19(28-18)21(26)23-9-7-16(8-10-23)20(25)24-11-13-27-14-12-24/h1-6,16H,7-14H2. The first kappa shape index (κ1) is 18.7. The van der Waals surface area contributed by atoms with Gasteiger partial charge in [0.1, 0.15) is 11.6 Å². The summed E-state index contributed by atoms with van der Waals surface area (Å²) < 4.78 is 24.1. The van der Waals surface area contributed by atoms with E-state index in [2.05, 4.69) is 0 Å². The third-order valence-corrected chi connectivity index (χ3v) is 5.40. The molecular formula is C21H23FN2O4. The van der Waals surface area contributed by atoms with Gasteiger partial charge in [-0.15, -0.1) is 0 Å². The van der Waals surface area contributed by atoms with E-state index in [0.717, 1.165) is 5.56 Å². The summed E-state index contributed by atoms with van der Waals surface area (Å²) >= 11 is 0. The summed E-state index contributed by atoms with van der Waals surface area (Å²) in [5.74, 6) is 0.435. The number of ether oxygens (including phenoxy) is 1. The van der Waals surface area contributed by atoms with E-state index in [4.69, 9.17) is 9.15 Å². The summed E-state index contributed by atoms with van der Waals surface area (Å²) in [5, 5.41) is 0. The van der Waals surface area contributed by atoms with Crippen LogP contribution in [0.25, 0.3) is 11.3 Å². The Bertz CT molecular complexity index is 834. The van der Waals surface area contributed by atoms with Crippen molar-refractivity contribution in [2.24, 2.45) is 5.92 Å². The molecule has 2 amide bonds. The van der Waals surface area contributed by atoms with E-state index < -0.39 is 0 Å². The van der Waals surface area contributed by atoms with Gasteiger partial charge in [-0.05, 0) is 49.2 Å². The first-order valence-corrected chi connectivity index (χ1v) is 9.63. The quantitative estimate of drug-likeness (QED) is 0.814. The lowest BCUT2D eigenvalue weighted by Crippen LogP contribution is -2.47. The van der Waals surface area contributed by atoms with E-state index in [1.165, 1.54) is 12.1 Å². The number of piperidine rings is 1. The zero-order chi connectivity index (χ0) is 19.5. The Morgan fingerprint density at radius 2 is 1.57 bits per heavy atom. The highest BCUT2D eigenvalue weighted by Crippen LogP contribution is 2.25. The van der Waals surface area contributed by atoms with Gasteiger partial charge in [-0.2, -0.15) is 0 Å². The lowest BCUT2D eigenvalue weighted by molar-refractivity contribution is -0.141. The van der Waals surface area contributed by atoms with E-state index in [9.17, 15) is 14.0 Å². The fraction of sp³-hybridized carbons (Fsp3) is 0.429. The SMILES string of the molecule is O=C(c1ccc(-c2ccc(F)cc2)o1)N1CCC(C(=O)N2CCOCC2)CC1. The largest absolute Gasteiger partial charge is 0.451 e. The Labute approximate surface area is 162 Å². The van der Waals surface area contributed by atoms with Crippen LogP contribution in [0, 0.1) is 11.7 Å². The molecule has 0 aliphatic carbocycles. The fourth-order valence-corrected chi connectivity index (χ4v) is 3.75. The Kier molecular flexibility index (Phi) is 5.43. The van der Waals surface area contributed by atoms with Crippen molar-refractivity contribution in [3.05, 3.63) is 48.0 Å². The highest BCUT2D eigenvalue weighted by molar-refractivity contribution is 5.92. The van der Waals surface area contributed by atoms with E-state index in [1.54, 1.807) is 29.2 Å². The molecule has 28 heavy (non-hydrogen) atoms. The van der Waals surface area contributed by atoms with Crippen LogP contribution < -0.4 is 0 Å². The molecule has 0 bridgehead atoms. The third-order valence-electron chi connectivity index (χ3n) is 5.40. The number of furan rings is 1. The normalized spacial score (nSPS) is 18.3. The van der Waals surface area contributed by atoms with Crippen LogP contribution in [0.15, 0.2) is 40.8 Å². The number of carbonyl (C=O) groups excluding carboxylic acids is 2. The van der Waals surface area contributed by atoms with Gasteiger partial charge in [0.15, 0.2) is 5.76 Å². The summed E-state index contributed by atoms with van der Waals surface area (Å²) in [4.78, 5) is 28.9. The minimum Gasteiger partial charge on any atom is -0.451 e. The van der Waals surface area contributed by atoms with Gasteiger partial charge < -0.3 is 19.0 Å². The van der Waals surface area contributed by atoms with Gasteiger partial charge in [0, 0.05) is 37.7 Å². The van der Waals surface area contributed by atoms with Gasteiger partial charge >= 0.3 is 0 Å². The van der Waals surface area contributed by atoms with Crippen molar-refractivity contribution in [1.82, 2.24) is 9.80 Å². The van der Waals surface area contributed by atoms with Gasteiger partial charge in [0.05, 0.1) is 13.2 Å². The van der Waals surface area contributed by atoms with Crippen LogP contribution in [0.2, 0.25) is 0 Å². The van der Waals surface area contributed by atoms with Crippen molar-refractivity contribution in [3.63, 3.8) is 0 Å². The van der Waals surface area contributed by atoms with E-state index in [-0.39, 0.29) is 29.3 Å². The maximum Gasteiger partial charge on any atom is 0.289 e. The molecule has 7 heteroatoms. The van der Waals surface area contributed by atoms with Crippen LogP contribution in [-0.2, 0) is 9.53 Å². The molecule has 2 aliphatic heterocycles. The summed E-state index contributed by atoms with van der Waals surface area (Å²) in [7, 11) is 0. The summed E-state index contributed by atoms with van der Waals surface area (Å²) in [6.45, 7) is 3.56. The predicted molar refractivity (Wildman–Crippen MR) is 100 cm³/mol. The van der Waals surface area contributed by atoms with Crippen LogP contribution in [0.1, 0.15) is 23.4 Å². The molecule has 0 unspecified atom stereocenters. The van der Waals surface area contributed by atoms with Gasteiger partial charge in [-0.3, -0.25) is 9.59 Å². The summed E-state index contributed by atoms with van der Waals surface area (Å²) in [6.07, 6.45) is 1.32. The number of rotatable bonds is 3. The molecule has 0 N–H and O–H groups in total. The molecule has 3 heterocycles. The van der Waals surface area contributed by atoms with Crippen LogP contribution >= 0.6 is 0 Å². The van der Waals surface area contributed by atoms with Crippen molar-refractivity contribution in [1.29, 1.82) is 0 Å². The monoisotopic (exact) mass is 386 g/mol. The molecule has 1 aromatic heterocycles. The van der Waals surface area contributed by atoms with E-state index in [0.29, 0.717) is 58.0 Å². The van der Waals surface area contributed by atoms with Crippen molar-refractivity contribution >= 4 is 11.8 Å². The van der Waals surface area contributed by atoms with Crippen molar-refractivity contribution in [2.45, 2.75) is 12.8 Å². The molecule has 2 aliphatic rings. The molecule has 1 aromatic carbocycles. The minimum atomic E-state index is -0.318. The van der Waals surface area contributed by atoms with Crippen molar-refractivity contribution < 1.29 is 23.1 Å². The minimum absolute atomic E-state index is 0.0338. The number of benzene rings is 1. The van der Waals surface area contributed by atoms with Crippen LogP contribution in [0.3, 0.4) is 0 Å². The van der Waals surface area contributed by atoms with Gasteiger partial charge in [0.25, 0.3) is 5.91 Å². The van der Waals surface area contributed by atoms with Crippen LogP contribution in [-0.4, -0.2) is 61.0 Å². The number of hydrogen-bond acceptors (Lipinski definition) is 4. The third kappa shape index (κ3) is 3.94. The lowest BCUT2D eigenvalue weighted by atomic mass is 9.95. The average molecular weight is 386 g/mol. The number of morpholine rings is 1. The van der Waals surface area contributed by atoms with Crippen LogP contribution in [0.5, 0.6) is 0 Å². The molecule has 2 fully saturated rings. The smallest absolute Gasteiger partial charge is 0.289 e. The first-order chi connectivity index (χ1) is 13.6. The first-order valence-electron chi connectivity index (χ1n) is 9.63. The molecule has 148 valence electrons. The second kappa shape index (κ2) is 8.14. The maximum absolute atomic E-state index is 13.1. The molecule has 6 nitrogen and oxygen atoms in total. The van der Waals surface area contributed by atoms with Crippen LogP contribution in [0.4, 0.5) is 4.39 Å². The Morgan fingerprint density at radius 1 is 0.893 bits per heavy atom. The molecule has 4 rings (SSSR count). The van der Waals surface area contributed by atoms with Crippen molar-refractivity contribution in [3.8, 4) is 11.3 Å². The molecular weight excluding hydrogens is 363 g/mol. The number of nitrogens with zero attached hydrogens (tertiary/aromatic N) is 2. The number of hydrogen-bond donors (Lipinski definition) is 0. The molecule has 0 atom stereocenters. The van der Waals surface area contributed by atoms with E-state index >= 15 is 0 Å². The zero-order valence-electron chi connectivity index (χ0n) is 15.6. The van der Waals surface area contributed by atoms with Crippen molar-refractivity contribution in [2.75, 3.05) is 39.4 Å². The molecule has 2 saturated heterocycles. The Morgan fingerprint density at radius 3 is 2.25 bits per heavy atom. The molecule has 0 spiro atoms. The predicted octanol–water partition coefficient (Wildman–Crippen LogP) is 2.80. The number of halogens is 1. The van der Waals surface area contributed by atoms with Gasteiger partial charge in [-0.25, -0.2) is 4.39 Å². The fourth-order valence-electron chi connectivity index (χ4n) is 3.75. The topological polar surface area (TPSA) is 63.0 Å². The Balaban J connectivity index is 1.35. The number of likely N-dealkylation sites (tertiary alicyclic amines) is 1. The lowest BCUT2D eigenvalue weighted by Gasteiger charge is -2.35. The highest BCUT2D eigenvalue weighted by atomic mass is 19.1. The maximum atomic E-state index is 13.1. The number of carbonyl (C=O) groups is 2. The second-order valence-corrected chi connectivity index (χ2v) is 7.17. The average Bonchev–Trinajstić information content (AvgIpc) is 3.24. The zero-order valence-corrected chi connectivity index (χ0v) is 15.6. The molecule has 0 radical (unpaired) electrons. The van der Waals surface area contributed by atoms with E-state index in [1.807, 2.05) is 4.90 Å². The molecule has 2 aromatic rings. The number of amides is 2. The molecule has 0 saturated carbocycles. The summed E-state index contributed by atoms with van der Waals surface area (Å²) in [5.41, 5.74) is 0.718. The van der Waals surface area contributed by atoms with Gasteiger partial charge in [-0.1, -0.05) is 0 Å². The second-order valence-electron chi connectivity index (χ2n) is 7.17. The Hall–Kier alpha value is -2.67. The van der Waals surface area contributed by atoms with Gasteiger partial charge in [0.2, 0.25) is 5.91 Å². The highest BCUT2D eigenvalue weighted by Gasteiger charge is 2.31. The summed E-state index contributed by atoms with van der Waals surface area (Å²) in [6, 6.07) is 9.31.